The first-order chi connectivity index (χ1) is 37.2. The van der Waals surface area contributed by atoms with Crippen molar-refractivity contribution in [1.82, 2.24) is 0 Å². The van der Waals surface area contributed by atoms with Gasteiger partial charge in [-0.3, -0.25) is 23.4 Å². The van der Waals surface area contributed by atoms with E-state index in [-0.39, 0.29) is 25.9 Å². The number of hydrogen-bond donors (Lipinski definition) is 2. The summed E-state index contributed by atoms with van der Waals surface area (Å²) >= 11 is 0. The van der Waals surface area contributed by atoms with Crippen molar-refractivity contribution >= 4 is 25.7 Å². The molecule has 11 nitrogen and oxygen atoms in total. The van der Waals surface area contributed by atoms with Crippen LogP contribution in [0.4, 0.5) is 0 Å². The summed E-state index contributed by atoms with van der Waals surface area (Å²) < 4.78 is 39.3. The zero-order valence-corrected chi connectivity index (χ0v) is 47.8. The average molecular weight is 1080 g/mol. The first-order valence-corrected chi connectivity index (χ1v) is 29.9. The number of rotatable bonds is 50. The Morgan fingerprint density at radius 1 is 0.382 bits per heavy atom. The number of phosphoric ester groups is 1. The quantitative estimate of drug-likeness (QED) is 0.0197. The molecule has 426 valence electrons. The minimum absolute atomic E-state index is 0.0678. The van der Waals surface area contributed by atoms with Crippen molar-refractivity contribution in [3.63, 3.8) is 0 Å². The average Bonchev–Trinajstić information content (AvgIpc) is 3.41. The predicted octanol–water partition coefficient (Wildman–Crippen LogP) is 16.9. The number of esters is 3. The Morgan fingerprint density at radius 2 is 0.697 bits per heavy atom. The fourth-order valence-electron chi connectivity index (χ4n) is 6.76. The topological polar surface area (TPSA) is 155 Å². The lowest BCUT2D eigenvalue weighted by Crippen LogP contribution is -2.30. The van der Waals surface area contributed by atoms with Gasteiger partial charge >= 0.3 is 25.7 Å². The van der Waals surface area contributed by atoms with Gasteiger partial charge in [0, 0.05) is 12.8 Å². The first kappa shape index (κ1) is 71.1. The molecule has 0 saturated heterocycles. The molecule has 76 heavy (non-hydrogen) atoms. The van der Waals surface area contributed by atoms with Gasteiger partial charge in [0.05, 0.1) is 26.2 Å². The van der Waals surface area contributed by atoms with Crippen LogP contribution in [0.15, 0.2) is 158 Å². The molecule has 2 N–H and O–H groups in total. The van der Waals surface area contributed by atoms with Gasteiger partial charge in [0.25, 0.3) is 0 Å². The minimum atomic E-state index is -4.80. The van der Waals surface area contributed by atoms with Crippen LogP contribution in [0.25, 0.3) is 0 Å². The van der Waals surface area contributed by atoms with Crippen molar-refractivity contribution in [2.24, 2.45) is 0 Å². The molecule has 0 aromatic heterocycles. The number of aliphatic hydroxyl groups excluding tert-OH is 1. The van der Waals surface area contributed by atoms with Gasteiger partial charge < -0.3 is 24.2 Å². The summed E-state index contributed by atoms with van der Waals surface area (Å²) in [5.41, 5.74) is 0. The molecule has 0 radical (unpaired) electrons. The van der Waals surface area contributed by atoms with E-state index in [1.54, 1.807) is 6.08 Å². The molecular formula is C64H99O11P. The van der Waals surface area contributed by atoms with Gasteiger partial charge in [-0.15, -0.1) is 0 Å². The molecule has 0 heterocycles. The van der Waals surface area contributed by atoms with Gasteiger partial charge in [0.2, 0.25) is 0 Å². The Labute approximate surface area is 460 Å². The van der Waals surface area contributed by atoms with Crippen LogP contribution < -0.4 is 0 Å². The van der Waals surface area contributed by atoms with Crippen molar-refractivity contribution in [2.45, 2.75) is 200 Å². The van der Waals surface area contributed by atoms with E-state index in [1.165, 1.54) is 0 Å². The second-order valence-electron chi connectivity index (χ2n) is 18.0. The normalized spacial score (nSPS) is 14.5. The highest BCUT2D eigenvalue weighted by Crippen LogP contribution is 2.43. The second kappa shape index (κ2) is 56.3. The van der Waals surface area contributed by atoms with E-state index in [9.17, 15) is 28.9 Å². The molecule has 3 unspecified atom stereocenters. The maximum absolute atomic E-state index is 12.9. The van der Waals surface area contributed by atoms with Gasteiger partial charge in [-0.05, 0) is 122 Å². The van der Waals surface area contributed by atoms with E-state index >= 15 is 0 Å². The fraction of sp³-hybridized carbons (Fsp3) is 0.547. The SMILES string of the molecule is CC/C=C\C/C=C\C/C=C\C/C=C\C/C=C\CCCCCC(=O)OC(COC(=O)CCCCCCC/C=C\C/C=C\C/C=C\CC)COP(=O)(O)OCC(CO)OC(=O)C/C=C\C/C=C\C/C=C\C/C=C\C/C=C\CC. The van der Waals surface area contributed by atoms with Gasteiger partial charge in [-0.25, -0.2) is 4.57 Å². The summed E-state index contributed by atoms with van der Waals surface area (Å²) in [6.45, 7) is 4.10. The summed E-state index contributed by atoms with van der Waals surface area (Å²) in [6, 6.07) is 0. The number of phosphoric acid groups is 1. The molecule has 0 aromatic rings. The monoisotopic (exact) mass is 1070 g/mol. The molecular weight excluding hydrogens is 976 g/mol. The lowest BCUT2D eigenvalue weighted by molar-refractivity contribution is -0.161. The minimum Gasteiger partial charge on any atom is -0.462 e. The summed E-state index contributed by atoms with van der Waals surface area (Å²) in [7, 11) is -4.80. The number of hydrogen-bond acceptors (Lipinski definition) is 10. The van der Waals surface area contributed by atoms with Crippen LogP contribution in [0.5, 0.6) is 0 Å². The van der Waals surface area contributed by atoms with Crippen molar-refractivity contribution in [3.8, 4) is 0 Å². The van der Waals surface area contributed by atoms with E-state index in [0.29, 0.717) is 19.3 Å². The Balaban J connectivity index is 4.93. The van der Waals surface area contributed by atoms with Crippen LogP contribution in [-0.4, -0.2) is 66.5 Å². The zero-order valence-electron chi connectivity index (χ0n) is 46.9. The summed E-state index contributed by atoms with van der Waals surface area (Å²) in [5.74, 6) is -1.68. The summed E-state index contributed by atoms with van der Waals surface area (Å²) in [5, 5.41) is 9.79. The highest BCUT2D eigenvalue weighted by Gasteiger charge is 2.28. The lowest BCUT2D eigenvalue weighted by atomic mass is 10.1. The van der Waals surface area contributed by atoms with E-state index < -0.39 is 57.8 Å². The molecule has 0 aliphatic carbocycles. The molecule has 3 atom stereocenters. The molecule has 12 heteroatoms. The molecule has 0 spiro atoms. The van der Waals surface area contributed by atoms with Crippen molar-refractivity contribution < 1.29 is 52.2 Å². The number of carbonyl (C=O) groups is 3. The van der Waals surface area contributed by atoms with Crippen LogP contribution in [0.3, 0.4) is 0 Å². The van der Waals surface area contributed by atoms with Crippen LogP contribution >= 0.6 is 7.82 Å². The van der Waals surface area contributed by atoms with E-state index in [4.69, 9.17) is 23.3 Å². The van der Waals surface area contributed by atoms with Crippen LogP contribution in [-0.2, 0) is 42.2 Å². The molecule has 0 aromatic carbocycles. The van der Waals surface area contributed by atoms with Crippen LogP contribution in [0.1, 0.15) is 188 Å². The molecule has 0 saturated carbocycles. The summed E-state index contributed by atoms with van der Waals surface area (Å²) in [6.07, 6.45) is 73.7. The number of unbranched alkanes of at least 4 members (excludes halogenated alkanes) is 8. The van der Waals surface area contributed by atoms with E-state index in [2.05, 4.69) is 154 Å². The lowest BCUT2D eigenvalue weighted by Gasteiger charge is -2.21. The Morgan fingerprint density at radius 3 is 1.11 bits per heavy atom. The maximum atomic E-state index is 12.9. The Hall–Kier alpha value is -4.90. The third-order valence-corrected chi connectivity index (χ3v) is 11.9. The third-order valence-electron chi connectivity index (χ3n) is 11.0. The molecule has 0 amide bonds. The second-order valence-corrected chi connectivity index (χ2v) is 19.4. The molecule has 0 aliphatic rings. The maximum Gasteiger partial charge on any atom is 0.472 e. The van der Waals surface area contributed by atoms with Crippen molar-refractivity contribution in [2.75, 3.05) is 26.4 Å². The van der Waals surface area contributed by atoms with E-state index in [0.717, 1.165) is 128 Å². The van der Waals surface area contributed by atoms with Crippen molar-refractivity contribution in [1.29, 1.82) is 0 Å². The Bertz CT molecular complexity index is 1880. The van der Waals surface area contributed by atoms with Gasteiger partial charge in [-0.1, -0.05) is 204 Å². The first-order valence-electron chi connectivity index (χ1n) is 28.4. The third kappa shape index (κ3) is 53.9. The number of carbonyl (C=O) groups excluding carboxylic acids is 3. The van der Waals surface area contributed by atoms with Gasteiger partial charge in [0.1, 0.15) is 12.7 Å². The smallest absolute Gasteiger partial charge is 0.462 e. The number of ether oxygens (including phenoxy) is 3. The number of aliphatic hydroxyl groups is 1. The highest BCUT2D eigenvalue weighted by molar-refractivity contribution is 7.47. The Kier molecular flexibility index (Phi) is 52.7. The molecule has 0 bridgehead atoms. The number of allylic oxidation sites excluding steroid dienone is 25. The van der Waals surface area contributed by atoms with Crippen LogP contribution in [0.2, 0.25) is 0 Å². The molecule has 0 aliphatic heterocycles. The fourth-order valence-corrected chi connectivity index (χ4v) is 7.55. The summed E-state index contributed by atoms with van der Waals surface area (Å²) in [4.78, 5) is 48.5. The standard InChI is InChI=1S/C64H99O11P/c1-4-7-10-13-16-19-22-25-28-29-30-31-34-37-40-43-46-49-52-55-64(68)75-61(57-71-62(66)53-50-47-44-41-38-35-32-26-23-20-17-14-11-8-5-2)59-73-76(69,70)72-58-60(56-65)74-63(67)54-51-48-45-42-39-36-33-27-24-21-18-15-12-9-6-3/h7-12,16-21,25-28,30-33,37,39-40,42,48,51,60-61,65H,4-6,13-15,22-24,29,34-36,38,41,43-47,49-50,52-59H2,1-3H3,(H,69,70)/b10-7-,11-8-,12-9-,19-16-,20-17-,21-18-,28-25-,31-30-,32-26-,33-27-,40-37-,42-39-,51-48-. The van der Waals surface area contributed by atoms with Crippen LogP contribution in [0, 0.1) is 0 Å². The van der Waals surface area contributed by atoms with Crippen molar-refractivity contribution in [3.05, 3.63) is 158 Å². The van der Waals surface area contributed by atoms with Gasteiger partial charge in [-0.2, -0.15) is 0 Å². The molecule has 0 rings (SSSR count). The highest BCUT2D eigenvalue weighted by atomic mass is 31.2. The molecule has 0 fully saturated rings. The predicted molar refractivity (Wildman–Crippen MR) is 315 cm³/mol. The van der Waals surface area contributed by atoms with E-state index in [1.807, 2.05) is 18.2 Å². The van der Waals surface area contributed by atoms with Gasteiger partial charge in [0.15, 0.2) is 6.10 Å². The largest absolute Gasteiger partial charge is 0.472 e. The zero-order chi connectivity index (χ0) is 55.5.